The Labute approximate surface area is 101 Å². The third kappa shape index (κ3) is 1.98. The van der Waals surface area contributed by atoms with Gasteiger partial charge in [0.25, 0.3) is 0 Å². The highest BCUT2D eigenvalue weighted by molar-refractivity contribution is 5.74. The third-order valence-electron chi connectivity index (χ3n) is 3.06. The quantitative estimate of drug-likeness (QED) is 0.781. The molecule has 17 heavy (non-hydrogen) atoms. The van der Waals surface area contributed by atoms with Crippen LogP contribution in [-0.4, -0.2) is 10.2 Å². The number of aryl methyl sites for hydroxylation is 2. The van der Waals surface area contributed by atoms with Gasteiger partial charge in [-0.25, -0.2) is 0 Å². The third-order valence-corrected chi connectivity index (χ3v) is 3.06. The minimum absolute atomic E-state index is 0.150. The van der Waals surface area contributed by atoms with Crippen molar-refractivity contribution >= 4 is 0 Å². The molecule has 0 aliphatic carbocycles. The van der Waals surface area contributed by atoms with Gasteiger partial charge >= 0.3 is 0 Å². The van der Waals surface area contributed by atoms with Crippen LogP contribution in [0.1, 0.15) is 16.7 Å². The average Bonchev–Trinajstić information content (AvgIpc) is 2.32. The second-order valence-electron chi connectivity index (χ2n) is 4.43. The molecule has 0 heterocycles. The van der Waals surface area contributed by atoms with Crippen molar-refractivity contribution in [2.24, 2.45) is 0 Å². The summed E-state index contributed by atoms with van der Waals surface area (Å²) in [5, 5.41) is 19.8. The summed E-state index contributed by atoms with van der Waals surface area (Å²) in [6.45, 7) is 5.58. The van der Waals surface area contributed by atoms with E-state index in [1.54, 1.807) is 6.92 Å². The lowest BCUT2D eigenvalue weighted by atomic mass is 9.97. The predicted octanol–water partition coefficient (Wildman–Crippen LogP) is 3.69. The van der Waals surface area contributed by atoms with Crippen LogP contribution in [0.3, 0.4) is 0 Å². The first-order valence-corrected chi connectivity index (χ1v) is 5.60. The van der Waals surface area contributed by atoms with Crippen LogP contribution < -0.4 is 0 Å². The zero-order valence-corrected chi connectivity index (χ0v) is 10.3. The summed E-state index contributed by atoms with van der Waals surface area (Å²) in [5.74, 6) is 0.315. The molecule has 0 saturated heterocycles. The van der Waals surface area contributed by atoms with Gasteiger partial charge in [0.2, 0.25) is 0 Å². The lowest BCUT2D eigenvalue weighted by Crippen LogP contribution is -1.87. The van der Waals surface area contributed by atoms with Gasteiger partial charge in [-0.05, 0) is 38.0 Å². The van der Waals surface area contributed by atoms with E-state index in [-0.39, 0.29) is 11.5 Å². The molecule has 0 atom stereocenters. The highest BCUT2D eigenvalue weighted by Crippen LogP contribution is 2.38. The Morgan fingerprint density at radius 3 is 2.00 bits per heavy atom. The molecule has 0 amide bonds. The molecule has 2 aromatic carbocycles. The smallest absolute Gasteiger partial charge is 0.130 e. The van der Waals surface area contributed by atoms with Gasteiger partial charge in [0.15, 0.2) is 0 Å². The van der Waals surface area contributed by atoms with Gasteiger partial charge in [0.1, 0.15) is 11.5 Å². The number of hydrogen-bond donors (Lipinski definition) is 2. The van der Waals surface area contributed by atoms with E-state index in [0.29, 0.717) is 5.56 Å². The Hall–Kier alpha value is -1.96. The SMILES string of the molecule is Cc1ccc(-c2cc(C)c(O)c(C)c2O)cc1. The van der Waals surface area contributed by atoms with Gasteiger partial charge in [0.05, 0.1) is 0 Å². The van der Waals surface area contributed by atoms with E-state index in [0.717, 1.165) is 16.7 Å². The predicted molar refractivity (Wildman–Crippen MR) is 69.4 cm³/mol. The van der Waals surface area contributed by atoms with E-state index in [9.17, 15) is 10.2 Å². The van der Waals surface area contributed by atoms with Crippen LogP contribution >= 0.6 is 0 Å². The van der Waals surface area contributed by atoms with Crippen LogP contribution in [0.15, 0.2) is 30.3 Å². The van der Waals surface area contributed by atoms with Crippen LogP contribution in [0.4, 0.5) is 0 Å². The van der Waals surface area contributed by atoms with Crippen molar-refractivity contribution in [1.82, 2.24) is 0 Å². The average molecular weight is 228 g/mol. The molecule has 0 fully saturated rings. The molecule has 88 valence electrons. The summed E-state index contributed by atoms with van der Waals surface area (Å²) in [4.78, 5) is 0. The first-order chi connectivity index (χ1) is 8.00. The molecule has 0 bridgehead atoms. The highest BCUT2D eigenvalue weighted by atomic mass is 16.3. The maximum atomic E-state index is 10.1. The highest BCUT2D eigenvalue weighted by Gasteiger charge is 2.12. The Morgan fingerprint density at radius 2 is 1.41 bits per heavy atom. The minimum atomic E-state index is 0.150. The molecular formula is C15H16O2. The molecule has 0 aromatic heterocycles. The number of rotatable bonds is 1. The first-order valence-electron chi connectivity index (χ1n) is 5.60. The fourth-order valence-corrected chi connectivity index (χ4v) is 1.92. The molecule has 0 aliphatic rings. The Bertz CT molecular complexity index is 554. The number of phenolic OH excluding ortho intramolecular Hbond substituents is 2. The van der Waals surface area contributed by atoms with E-state index in [1.165, 1.54) is 5.56 Å². The standard InChI is InChI=1S/C15H16O2/c1-9-4-6-12(7-5-9)13-8-10(2)14(16)11(3)15(13)17/h4-8,16-17H,1-3H3. The van der Waals surface area contributed by atoms with E-state index in [4.69, 9.17) is 0 Å². The van der Waals surface area contributed by atoms with Crippen molar-refractivity contribution in [1.29, 1.82) is 0 Å². The fraction of sp³-hybridized carbons (Fsp3) is 0.200. The van der Waals surface area contributed by atoms with E-state index in [2.05, 4.69) is 0 Å². The van der Waals surface area contributed by atoms with Gasteiger partial charge in [-0.3, -0.25) is 0 Å². The number of phenols is 2. The maximum Gasteiger partial charge on any atom is 0.130 e. The first kappa shape index (κ1) is 11.5. The van der Waals surface area contributed by atoms with Crippen molar-refractivity contribution in [3.8, 4) is 22.6 Å². The van der Waals surface area contributed by atoms with Crippen LogP contribution in [-0.2, 0) is 0 Å². The van der Waals surface area contributed by atoms with Gasteiger partial charge in [0, 0.05) is 11.1 Å². The van der Waals surface area contributed by atoms with Gasteiger partial charge in [-0.15, -0.1) is 0 Å². The van der Waals surface area contributed by atoms with Gasteiger partial charge in [-0.2, -0.15) is 0 Å². The summed E-state index contributed by atoms with van der Waals surface area (Å²) < 4.78 is 0. The zero-order valence-electron chi connectivity index (χ0n) is 10.3. The van der Waals surface area contributed by atoms with Crippen molar-refractivity contribution in [3.63, 3.8) is 0 Å². The van der Waals surface area contributed by atoms with Crippen LogP contribution in [0, 0.1) is 20.8 Å². The van der Waals surface area contributed by atoms with Crippen molar-refractivity contribution in [2.45, 2.75) is 20.8 Å². The molecule has 2 nitrogen and oxygen atoms in total. The maximum absolute atomic E-state index is 10.1. The summed E-state index contributed by atoms with van der Waals surface area (Å²) in [6.07, 6.45) is 0. The van der Waals surface area contributed by atoms with Crippen molar-refractivity contribution in [2.75, 3.05) is 0 Å². The topological polar surface area (TPSA) is 40.5 Å². The van der Waals surface area contributed by atoms with E-state index < -0.39 is 0 Å². The molecular weight excluding hydrogens is 212 g/mol. The summed E-state index contributed by atoms with van der Waals surface area (Å²) in [7, 11) is 0. The lowest BCUT2D eigenvalue weighted by molar-refractivity contribution is 0.442. The normalized spacial score (nSPS) is 10.5. The van der Waals surface area contributed by atoms with Crippen LogP contribution in [0.2, 0.25) is 0 Å². The van der Waals surface area contributed by atoms with Crippen molar-refractivity contribution in [3.05, 3.63) is 47.0 Å². The lowest BCUT2D eigenvalue weighted by Gasteiger charge is -2.11. The van der Waals surface area contributed by atoms with Gasteiger partial charge in [-0.1, -0.05) is 29.8 Å². The van der Waals surface area contributed by atoms with Gasteiger partial charge < -0.3 is 10.2 Å². The molecule has 0 unspecified atom stereocenters. The Morgan fingerprint density at radius 1 is 0.824 bits per heavy atom. The number of aromatic hydroxyl groups is 2. The Balaban J connectivity index is 2.64. The molecule has 2 rings (SSSR count). The monoisotopic (exact) mass is 228 g/mol. The number of benzene rings is 2. The number of hydrogen-bond acceptors (Lipinski definition) is 2. The molecule has 2 N–H and O–H groups in total. The largest absolute Gasteiger partial charge is 0.507 e. The second kappa shape index (κ2) is 4.13. The summed E-state index contributed by atoms with van der Waals surface area (Å²) in [5.41, 5.74) is 4.20. The Kier molecular flexibility index (Phi) is 2.80. The summed E-state index contributed by atoms with van der Waals surface area (Å²) in [6, 6.07) is 9.77. The molecule has 0 saturated carbocycles. The molecule has 2 aromatic rings. The molecule has 0 spiro atoms. The fourth-order valence-electron chi connectivity index (χ4n) is 1.92. The van der Waals surface area contributed by atoms with E-state index >= 15 is 0 Å². The second-order valence-corrected chi connectivity index (χ2v) is 4.43. The summed E-state index contributed by atoms with van der Waals surface area (Å²) >= 11 is 0. The van der Waals surface area contributed by atoms with Crippen LogP contribution in [0.5, 0.6) is 11.5 Å². The van der Waals surface area contributed by atoms with Crippen LogP contribution in [0.25, 0.3) is 11.1 Å². The molecule has 0 aliphatic heterocycles. The minimum Gasteiger partial charge on any atom is -0.507 e. The van der Waals surface area contributed by atoms with Crippen molar-refractivity contribution < 1.29 is 10.2 Å². The molecule has 0 radical (unpaired) electrons. The van der Waals surface area contributed by atoms with E-state index in [1.807, 2.05) is 44.2 Å². The zero-order chi connectivity index (χ0) is 12.6. The molecule has 2 heteroatoms.